The number of nitrogens with zero attached hydrogens (tertiary/aromatic N) is 2. The van der Waals surface area contributed by atoms with Crippen LogP contribution in [0, 0.1) is 5.82 Å². The lowest BCUT2D eigenvalue weighted by Gasteiger charge is -2.40. The first kappa shape index (κ1) is 29.0. The summed E-state index contributed by atoms with van der Waals surface area (Å²) in [6.07, 6.45) is 6.01. The SMILES string of the molecule is Cl.O=C(Nc1ccc(Oc2ccccc2)cc1)c1ccc(F)c(S(=O)(=O)N2CCN(C3CCCCC3)CC2)c1. The van der Waals surface area contributed by atoms with Crippen LogP contribution in [0.2, 0.25) is 0 Å². The van der Waals surface area contributed by atoms with Crippen molar-refractivity contribution in [3.63, 3.8) is 0 Å². The summed E-state index contributed by atoms with van der Waals surface area (Å²) in [6.45, 7) is 1.89. The smallest absolute Gasteiger partial charge is 0.255 e. The van der Waals surface area contributed by atoms with E-state index in [4.69, 9.17) is 4.74 Å². The third kappa shape index (κ3) is 6.97. The van der Waals surface area contributed by atoms with Crippen LogP contribution in [0.4, 0.5) is 10.1 Å². The normalized spacial score (nSPS) is 17.3. The highest BCUT2D eigenvalue weighted by Gasteiger charge is 2.33. The molecular weight excluding hydrogens is 541 g/mol. The summed E-state index contributed by atoms with van der Waals surface area (Å²) in [5.41, 5.74) is 0.568. The van der Waals surface area contributed by atoms with Crippen molar-refractivity contribution in [1.82, 2.24) is 9.21 Å². The first-order valence-electron chi connectivity index (χ1n) is 13.1. The minimum atomic E-state index is -4.08. The average Bonchev–Trinajstić information content (AvgIpc) is 2.95. The fourth-order valence-corrected chi connectivity index (χ4v) is 6.68. The molecule has 1 heterocycles. The Balaban J connectivity index is 0.00000353. The molecule has 1 amide bonds. The van der Waals surface area contributed by atoms with E-state index in [0.717, 1.165) is 25.0 Å². The van der Waals surface area contributed by atoms with Gasteiger partial charge in [-0.05, 0) is 67.4 Å². The summed E-state index contributed by atoms with van der Waals surface area (Å²) in [4.78, 5) is 14.8. The highest BCUT2D eigenvalue weighted by molar-refractivity contribution is 7.89. The van der Waals surface area contributed by atoms with Crippen LogP contribution in [0.5, 0.6) is 11.5 Å². The topological polar surface area (TPSA) is 78.9 Å². The fraction of sp³-hybridized carbons (Fsp3) is 0.345. The van der Waals surface area contributed by atoms with Gasteiger partial charge in [0.25, 0.3) is 5.91 Å². The van der Waals surface area contributed by atoms with Crippen molar-refractivity contribution in [2.45, 2.75) is 43.0 Å². The Kier molecular flexibility index (Phi) is 9.61. The minimum absolute atomic E-state index is 0. The Hall–Kier alpha value is -2.98. The Morgan fingerprint density at radius 3 is 2.15 bits per heavy atom. The molecule has 1 aliphatic carbocycles. The van der Waals surface area contributed by atoms with Gasteiger partial charge in [-0.2, -0.15) is 4.31 Å². The molecule has 208 valence electrons. The molecule has 0 spiro atoms. The summed E-state index contributed by atoms with van der Waals surface area (Å²) in [5.74, 6) is -0.0911. The highest BCUT2D eigenvalue weighted by atomic mass is 35.5. The van der Waals surface area contributed by atoms with Gasteiger partial charge < -0.3 is 10.1 Å². The number of piperazine rings is 1. The second kappa shape index (κ2) is 12.9. The molecule has 1 saturated carbocycles. The van der Waals surface area contributed by atoms with Gasteiger partial charge in [-0.15, -0.1) is 12.4 Å². The number of anilines is 1. The molecule has 0 atom stereocenters. The molecule has 3 aromatic carbocycles. The number of carbonyl (C=O) groups excluding carboxylic acids is 1. The summed E-state index contributed by atoms with van der Waals surface area (Å²) < 4.78 is 48.5. The van der Waals surface area contributed by atoms with Crippen LogP contribution in [-0.2, 0) is 10.0 Å². The van der Waals surface area contributed by atoms with Crippen molar-refractivity contribution >= 4 is 34.0 Å². The molecule has 0 radical (unpaired) electrons. The molecule has 0 bridgehead atoms. The number of amides is 1. The van der Waals surface area contributed by atoms with Crippen molar-refractivity contribution in [3.8, 4) is 11.5 Å². The summed E-state index contributed by atoms with van der Waals surface area (Å²) in [5, 5.41) is 2.74. The van der Waals surface area contributed by atoms with Crippen LogP contribution in [0.3, 0.4) is 0 Å². The molecule has 2 aliphatic rings. The molecular formula is C29H33ClFN3O4S. The van der Waals surface area contributed by atoms with Crippen LogP contribution in [0.1, 0.15) is 42.5 Å². The quantitative estimate of drug-likeness (QED) is 0.379. The number of sulfonamides is 1. The number of benzene rings is 3. The third-order valence-corrected chi connectivity index (χ3v) is 9.18. The summed E-state index contributed by atoms with van der Waals surface area (Å²) in [7, 11) is -4.08. The van der Waals surface area contributed by atoms with E-state index in [1.165, 1.54) is 29.6 Å². The molecule has 1 N–H and O–H groups in total. The number of halogens is 2. The zero-order valence-electron chi connectivity index (χ0n) is 21.6. The monoisotopic (exact) mass is 573 g/mol. The van der Waals surface area contributed by atoms with E-state index < -0.39 is 26.6 Å². The standard InChI is InChI=1S/C29H32FN3O4S.ClH/c30-27-16-11-22(29(34)31-23-12-14-26(15-13-23)37-25-9-5-2-6-10-25)21-28(27)38(35,36)33-19-17-32(18-20-33)24-7-3-1-4-8-24;/h2,5-6,9-16,21,24H,1,3-4,7-8,17-20H2,(H,31,34);1H. The lowest BCUT2D eigenvalue weighted by molar-refractivity contribution is 0.102. The first-order chi connectivity index (χ1) is 18.4. The van der Waals surface area contributed by atoms with Gasteiger partial charge in [-0.1, -0.05) is 37.5 Å². The minimum Gasteiger partial charge on any atom is -0.457 e. The molecule has 0 aromatic heterocycles. The van der Waals surface area contributed by atoms with Crippen LogP contribution in [0.15, 0.2) is 77.7 Å². The van der Waals surface area contributed by atoms with E-state index in [9.17, 15) is 17.6 Å². The molecule has 1 aliphatic heterocycles. The largest absolute Gasteiger partial charge is 0.457 e. The Morgan fingerprint density at radius 1 is 0.846 bits per heavy atom. The van der Waals surface area contributed by atoms with Crippen LogP contribution < -0.4 is 10.1 Å². The molecule has 3 aromatic rings. The second-order valence-corrected chi connectivity index (χ2v) is 11.7. The average molecular weight is 574 g/mol. The van der Waals surface area contributed by atoms with Crippen molar-refractivity contribution in [2.24, 2.45) is 0 Å². The Morgan fingerprint density at radius 2 is 1.49 bits per heavy atom. The van der Waals surface area contributed by atoms with E-state index in [1.54, 1.807) is 24.3 Å². The number of nitrogens with one attached hydrogen (secondary N) is 1. The predicted octanol–water partition coefficient (Wildman–Crippen LogP) is 5.93. The number of hydrogen-bond acceptors (Lipinski definition) is 5. The van der Waals surface area contributed by atoms with Gasteiger partial charge >= 0.3 is 0 Å². The van der Waals surface area contributed by atoms with Gasteiger partial charge in [0, 0.05) is 43.5 Å². The molecule has 39 heavy (non-hydrogen) atoms. The number of hydrogen-bond donors (Lipinski definition) is 1. The van der Waals surface area contributed by atoms with Gasteiger partial charge in [-0.3, -0.25) is 9.69 Å². The third-order valence-electron chi connectivity index (χ3n) is 7.27. The fourth-order valence-electron chi connectivity index (χ4n) is 5.17. The van der Waals surface area contributed by atoms with Crippen LogP contribution in [-0.4, -0.2) is 55.8 Å². The predicted molar refractivity (Wildman–Crippen MR) is 152 cm³/mol. The maximum absolute atomic E-state index is 14.7. The van der Waals surface area contributed by atoms with Crippen molar-refractivity contribution in [3.05, 3.63) is 84.2 Å². The highest BCUT2D eigenvalue weighted by Crippen LogP contribution is 2.27. The Bertz CT molecular complexity index is 1360. The molecule has 5 rings (SSSR count). The van der Waals surface area contributed by atoms with E-state index in [2.05, 4.69) is 10.2 Å². The molecule has 2 fully saturated rings. The van der Waals surface area contributed by atoms with E-state index in [0.29, 0.717) is 49.4 Å². The van der Waals surface area contributed by atoms with Crippen LogP contribution >= 0.6 is 12.4 Å². The van der Waals surface area contributed by atoms with Gasteiger partial charge in [0.05, 0.1) is 0 Å². The van der Waals surface area contributed by atoms with Crippen molar-refractivity contribution in [1.29, 1.82) is 0 Å². The van der Waals surface area contributed by atoms with Gasteiger partial charge in [0.15, 0.2) is 0 Å². The molecule has 10 heteroatoms. The van der Waals surface area contributed by atoms with Crippen LogP contribution in [0.25, 0.3) is 0 Å². The Labute approximate surface area is 235 Å². The second-order valence-electron chi connectivity index (χ2n) is 9.77. The van der Waals surface area contributed by atoms with Crippen molar-refractivity contribution < 1.29 is 22.3 Å². The van der Waals surface area contributed by atoms with Crippen molar-refractivity contribution in [2.75, 3.05) is 31.5 Å². The number of ether oxygens (including phenoxy) is 1. The number of carbonyl (C=O) groups is 1. The van der Waals surface area contributed by atoms with Gasteiger partial charge in [0.2, 0.25) is 10.0 Å². The molecule has 0 unspecified atom stereocenters. The molecule has 1 saturated heterocycles. The van der Waals surface area contributed by atoms with E-state index in [1.807, 2.05) is 30.3 Å². The van der Waals surface area contributed by atoms with E-state index in [-0.39, 0.29) is 18.0 Å². The molecule has 7 nitrogen and oxygen atoms in total. The first-order valence-corrected chi connectivity index (χ1v) is 14.5. The lowest BCUT2D eigenvalue weighted by atomic mass is 9.94. The summed E-state index contributed by atoms with van der Waals surface area (Å²) >= 11 is 0. The maximum atomic E-state index is 14.7. The van der Waals surface area contributed by atoms with Gasteiger partial charge in [-0.25, -0.2) is 12.8 Å². The number of rotatable bonds is 7. The van der Waals surface area contributed by atoms with E-state index >= 15 is 0 Å². The number of para-hydroxylation sites is 1. The maximum Gasteiger partial charge on any atom is 0.255 e. The zero-order chi connectivity index (χ0) is 26.5. The summed E-state index contributed by atoms with van der Waals surface area (Å²) in [6, 6.07) is 20.1. The lowest BCUT2D eigenvalue weighted by Crippen LogP contribution is -2.52. The van der Waals surface area contributed by atoms with Gasteiger partial charge in [0.1, 0.15) is 22.2 Å². The zero-order valence-corrected chi connectivity index (χ0v) is 23.2.